The van der Waals surface area contributed by atoms with Crippen molar-refractivity contribution in [1.29, 1.82) is 5.26 Å². The van der Waals surface area contributed by atoms with Crippen molar-refractivity contribution >= 4 is 6.09 Å². The number of rotatable bonds is 7. The number of fused-ring (bicyclic) bond motifs is 1. The summed E-state index contributed by atoms with van der Waals surface area (Å²) >= 11 is 0. The number of nitriles is 1. The molecule has 184 valence electrons. The van der Waals surface area contributed by atoms with Crippen LogP contribution in [0.2, 0.25) is 0 Å². The lowest BCUT2D eigenvalue weighted by Crippen LogP contribution is -2.38. The van der Waals surface area contributed by atoms with Crippen LogP contribution in [0.5, 0.6) is 0 Å². The smallest absolute Gasteiger partial charge is 0.410 e. The molecule has 3 unspecified atom stereocenters. The van der Waals surface area contributed by atoms with Crippen LogP contribution in [0.1, 0.15) is 51.3 Å². The number of allylic oxidation sites excluding steroid dienone is 6. The lowest BCUT2D eigenvalue weighted by molar-refractivity contribution is 0.0195. The van der Waals surface area contributed by atoms with Gasteiger partial charge in [-0.25, -0.2) is 14.2 Å². The molecule has 1 saturated heterocycles. The number of hydrogen-bond donors (Lipinski definition) is 2. The van der Waals surface area contributed by atoms with E-state index >= 15 is 0 Å². The molecule has 1 amide bonds. The van der Waals surface area contributed by atoms with E-state index in [1.807, 2.05) is 32.9 Å². The predicted molar refractivity (Wildman–Crippen MR) is 130 cm³/mol. The highest BCUT2D eigenvalue weighted by molar-refractivity contribution is 5.68. The van der Waals surface area contributed by atoms with Gasteiger partial charge < -0.3 is 15.0 Å². The summed E-state index contributed by atoms with van der Waals surface area (Å²) in [6.45, 7) is 6.11. The Hall–Kier alpha value is -3.69. The fourth-order valence-corrected chi connectivity index (χ4v) is 4.27. The van der Waals surface area contributed by atoms with E-state index in [2.05, 4.69) is 32.5 Å². The molecule has 3 rings (SSSR count). The monoisotopic (exact) mass is 478 g/mol. The number of nitrogens with zero attached hydrogens (tertiary/aromatic N) is 4. The number of aromatic amines is 1. The van der Waals surface area contributed by atoms with Crippen LogP contribution in [0.4, 0.5) is 9.18 Å². The molecule has 1 aliphatic carbocycles. The number of H-pyrrole nitrogens is 1. The van der Waals surface area contributed by atoms with E-state index in [1.165, 1.54) is 11.0 Å². The van der Waals surface area contributed by atoms with Crippen LogP contribution in [0, 0.1) is 29.6 Å². The number of hydrogen-bond acceptors (Lipinski definition) is 6. The van der Waals surface area contributed by atoms with E-state index in [0.717, 1.165) is 18.1 Å². The molecule has 2 aliphatic rings. The molecule has 0 spiro atoms. The lowest BCUT2D eigenvalue weighted by Gasteiger charge is -2.31. The van der Waals surface area contributed by atoms with Crippen molar-refractivity contribution in [2.75, 3.05) is 13.6 Å². The van der Waals surface area contributed by atoms with Crippen LogP contribution in [-0.2, 0) is 11.2 Å². The van der Waals surface area contributed by atoms with Crippen molar-refractivity contribution < 1.29 is 13.9 Å². The maximum atomic E-state index is 13.5. The number of nitrogens with one attached hydrogen (secondary N) is 2. The summed E-state index contributed by atoms with van der Waals surface area (Å²) in [6.07, 6.45) is 14.0. The third-order valence-corrected chi connectivity index (χ3v) is 5.83. The van der Waals surface area contributed by atoms with Crippen LogP contribution >= 0.6 is 0 Å². The maximum absolute atomic E-state index is 13.5. The van der Waals surface area contributed by atoms with E-state index < -0.39 is 23.6 Å². The Labute approximate surface area is 205 Å². The average Bonchev–Trinajstić information content (AvgIpc) is 3.43. The molecule has 3 atom stereocenters. The summed E-state index contributed by atoms with van der Waals surface area (Å²) in [4.78, 5) is 19.0. The first-order chi connectivity index (χ1) is 16.6. The third-order valence-electron chi connectivity index (χ3n) is 5.83. The highest BCUT2D eigenvalue weighted by Crippen LogP contribution is 2.37. The normalized spacial score (nSPS) is 20.9. The fraction of sp³-hybridized carbons (Fsp3) is 0.462. The van der Waals surface area contributed by atoms with Gasteiger partial charge in [0.15, 0.2) is 5.82 Å². The Balaban J connectivity index is 1.86. The Bertz CT molecular complexity index is 1140. The Kier molecular flexibility index (Phi) is 8.26. The topological polar surface area (TPSA) is 107 Å². The SMILES string of the molecule is C#C/C=C(F)\C=C/Cc1nc(C(CC2CNC3CC=CC(C#N)=C23)N(C)C(=O)OC(C)(C)C)n[nH]1. The second-order valence-electron chi connectivity index (χ2n) is 9.56. The first kappa shape index (κ1) is 25.9. The molecule has 9 heteroatoms. The molecule has 1 aromatic heterocycles. The molecule has 2 N–H and O–H groups in total. The summed E-state index contributed by atoms with van der Waals surface area (Å²) in [7, 11) is 1.66. The molecule has 2 heterocycles. The minimum Gasteiger partial charge on any atom is -0.444 e. The zero-order valence-electron chi connectivity index (χ0n) is 20.5. The highest BCUT2D eigenvalue weighted by Gasteiger charge is 2.38. The van der Waals surface area contributed by atoms with Crippen LogP contribution in [0.25, 0.3) is 0 Å². The number of amides is 1. The minimum absolute atomic E-state index is 0.0272. The van der Waals surface area contributed by atoms with Gasteiger partial charge in [-0.05, 0) is 57.3 Å². The molecular weight excluding hydrogens is 447 g/mol. The third kappa shape index (κ3) is 6.68. The zero-order valence-corrected chi connectivity index (χ0v) is 20.5. The van der Waals surface area contributed by atoms with Crippen molar-refractivity contribution in [2.45, 2.75) is 57.7 Å². The second kappa shape index (κ2) is 11.2. The molecule has 1 aromatic rings. The largest absolute Gasteiger partial charge is 0.444 e. The van der Waals surface area contributed by atoms with Crippen LogP contribution in [-0.4, -0.2) is 51.4 Å². The van der Waals surface area contributed by atoms with Crippen molar-refractivity contribution in [3.63, 3.8) is 0 Å². The average molecular weight is 479 g/mol. The summed E-state index contributed by atoms with van der Waals surface area (Å²) in [5.41, 5.74) is 1.07. The van der Waals surface area contributed by atoms with Gasteiger partial charge in [0.05, 0.1) is 17.7 Å². The maximum Gasteiger partial charge on any atom is 0.410 e. The van der Waals surface area contributed by atoms with Crippen LogP contribution in [0.3, 0.4) is 0 Å². The number of aromatic nitrogens is 3. The van der Waals surface area contributed by atoms with E-state index in [0.29, 0.717) is 36.6 Å². The summed E-state index contributed by atoms with van der Waals surface area (Å²) in [5, 5.41) is 20.4. The van der Waals surface area contributed by atoms with Gasteiger partial charge in [-0.15, -0.1) is 6.42 Å². The van der Waals surface area contributed by atoms with E-state index in [1.54, 1.807) is 13.1 Å². The summed E-state index contributed by atoms with van der Waals surface area (Å²) < 4.78 is 19.1. The highest BCUT2D eigenvalue weighted by atomic mass is 19.1. The fourth-order valence-electron chi connectivity index (χ4n) is 4.27. The van der Waals surface area contributed by atoms with Crippen molar-refractivity contribution in [1.82, 2.24) is 25.4 Å². The van der Waals surface area contributed by atoms with Crippen molar-refractivity contribution in [2.24, 2.45) is 5.92 Å². The van der Waals surface area contributed by atoms with Gasteiger partial charge >= 0.3 is 6.09 Å². The van der Waals surface area contributed by atoms with Crippen molar-refractivity contribution in [3.05, 3.63) is 59.0 Å². The molecule has 1 aliphatic heterocycles. The van der Waals surface area contributed by atoms with E-state index in [-0.39, 0.29) is 12.0 Å². The standard InChI is InChI=1S/C26H31FN6O2/c1-6-9-19(27)11-8-13-22-30-24(32-31-22)21(33(5)25(34)35-26(2,3)4)14-18-16-29-20-12-7-10-17(15-28)23(18)20/h1,7-11,18,20-21,29H,12-14,16H2,2-5H3,(H,30,31,32)/b11-8-,19-9+. The minimum atomic E-state index is -0.661. The van der Waals surface area contributed by atoms with Crippen molar-refractivity contribution in [3.8, 4) is 18.4 Å². The van der Waals surface area contributed by atoms with Gasteiger partial charge in [-0.2, -0.15) is 10.4 Å². The quantitative estimate of drug-likeness (QED) is 0.452. The molecule has 8 nitrogen and oxygen atoms in total. The van der Waals surface area contributed by atoms with Gasteiger partial charge in [0.25, 0.3) is 0 Å². The number of carbonyl (C=O) groups excluding carboxylic acids is 1. The lowest BCUT2D eigenvalue weighted by atomic mass is 9.84. The molecule has 0 radical (unpaired) electrons. The van der Waals surface area contributed by atoms with Gasteiger partial charge in [-0.3, -0.25) is 5.10 Å². The number of halogens is 1. The molecule has 35 heavy (non-hydrogen) atoms. The molecule has 1 fully saturated rings. The second-order valence-corrected chi connectivity index (χ2v) is 9.56. The van der Waals surface area contributed by atoms with E-state index in [4.69, 9.17) is 11.2 Å². The zero-order chi connectivity index (χ0) is 25.6. The summed E-state index contributed by atoms with van der Waals surface area (Å²) in [5.74, 6) is 2.58. The summed E-state index contributed by atoms with van der Waals surface area (Å²) in [6, 6.07) is 1.92. The molecule has 0 saturated carbocycles. The molecule has 0 bridgehead atoms. The number of terminal acetylenes is 1. The molecular formula is C26H31FN6O2. The van der Waals surface area contributed by atoms with Crippen LogP contribution < -0.4 is 5.32 Å². The Morgan fingerprint density at radius 1 is 1.49 bits per heavy atom. The van der Waals surface area contributed by atoms with Crippen LogP contribution in [0.15, 0.2) is 47.4 Å². The first-order valence-corrected chi connectivity index (χ1v) is 11.5. The van der Waals surface area contributed by atoms with Gasteiger partial charge in [0.2, 0.25) is 0 Å². The first-order valence-electron chi connectivity index (χ1n) is 11.5. The predicted octanol–water partition coefficient (Wildman–Crippen LogP) is 4.06. The number of carbonyl (C=O) groups is 1. The van der Waals surface area contributed by atoms with Gasteiger partial charge in [0, 0.05) is 32.1 Å². The number of ether oxygens (including phenoxy) is 1. The molecule has 0 aromatic carbocycles. The Morgan fingerprint density at radius 3 is 2.94 bits per heavy atom. The van der Waals surface area contributed by atoms with E-state index in [9.17, 15) is 14.4 Å². The van der Waals surface area contributed by atoms with Gasteiger partial charge in [-0.1, -0.05) is 18.1 Å². The Morgan fingerprint density at radius 2 is 2.26 bits per heavy atom. The van der Waals surface area contributed by atoms with Gasteiger partial charge in [0.1, 0.15) is 17.3 Å².